The Labute approximate surface area is 179 Å². The summed E-state index contributed by atoms with van der Waals surface area (Å²) in [7, 11) is -4.46. The monoisotopic (exact) mass is 455 g/mol. The number of hydrogen-bond donors (Lipinski definition) is 5. The van der Waals surface area contributed by atoms with Gasteiger partial charge in [0.15, 0.2) is 11.2 Å². The van der Waals surface area contributed by atoms with E-state index in [9.17, 15) is 29.0 Å². The molecule has 5 N–H and O–H groups in total. The number of morpholine rings is 1. The number of aliphatic hydroxyl groups excluding tert-OH is 4. The number of sulfonamides is 1. The minimum atomic E-state index is -4.46. The molecule has 12 heteroatoms. The summed E-state index contributed by atoms with van der Waals surface area (Å²) in [4.78, 5) is 1.47. The Hall–Kier alpha value is -2.08. The van der Waals surface area contributed by atoms with E-state index in [4.69, 9.17) is 14.6 Å². The summed E-state index contributed by atoms with van der Waals surface area (Å²) < 4.78 is 37.6. The second-order valence-electron chi connectivity index (χ2n) is 7.19. The van der Waals surface area contributed by atoms with Crippen molar-refractivity contribution in [2.75, 3.05) is 37.8 Å². The third-order valence-electron chi connectivity index (χ3n) is 5.16. The molecular weight excluding hydrogens is 430 g/mol. The van der Waals surface area contributed by atoms with Crippen molar-refractivity contribution < 1.29 is 38.3 Å². The number of nitrogens with one attached hydrogen (secondary N) is 1. The second-order valence-corrected chi connectivity index (χ2v) is 8.87. The van der Waals surface area contributed by atoms with Gasteiger partial charge in [-0.05, 0) is 23.8 Å². The summed E-state index contributed by atoms with van der Waals surface area (Å²) in [6.45, 7) is 2.06. The van der Waals surface area contributed by atoms with Gasteiger partial charge in [0.1, 0.15) is 30.4 Å². The highest BCUT2D eigenvalue weighted by Crippen LogP contribution is 2.23. The molecule has 0 saturated carbocycles. The Morgan fingerprint density at radius 3 is 2.42 bits per heavy atom. The molecule has 0 aliphatic carbocycles. The highest BCUT2D eigenvalue weighted by Gasteiger charge is 2.45. The third kappa shape index (κ3) is 5.40. The van der Waals surface area contributed by atoms with E-state index in [0.717, 1.165) is 24.9 Å². The molecule has 0 aromatic heterocycles. The van der Waals surface area contributed by atoms with Crippen LogP contribution in [-0.4, -0.2) is 92.4 Å². The van der Waals surface area contributed by atoms with Crippen LogP contribution in [0.1, 0.15) is 5.56 Å². The molecule has 0 radical (unpaired) electrons. The molecular formula is C19H25N3O8S. The topological polar surface area (TPSA) is 173 Å². The van der Waals surface area contributed by atoms with Crippen molar-refractivity contribution >= 4 is 21.8 Å². The van der Waals surface area contributed by atoms with E-state index in [2.05, 4.69) is 4.90 Å². The van der Waals surface area contributed by atoms with Crippen LogP contribution in [0.2, 0.25) is 0 Å². The lowest BCUT2D eigenvalue weighted by Gasteiger charge is -2.40. The smallest absolute Gasteiger partial charge is 0.251 e. The van der Waals surface area contributed by atoms with Crippen LogP contribution >= 0.6 is 0 Å². The summed E-state index contributed by atoms with van der Waals surface area (Å²) in [5.41, 5.74) is 1.40. The molecule has 1 aromatic carbocycles. The molecule has 0 amide bonds. The zero-order valence-corrected chi connectivity index (χ0v) is 17.4. The predicted molar refractivity (Wildman–Crippen MR) is 109 cm³/mol. The van der Waals surface area contributed by atoms with Gasteiger partial charge in [0, 0.05) is 18.8 Å². The molecule has 0 bridgehead atoms. The fourth-order valence-electron chi connectivity index (χ4n) is 3.39. The summed E-state index contributed by atoms with van der Waals surface area (Å²) in [5, 5.41) is 48.5. The van der Waals surface area contributed by atoms with Crippen molar-refractivity contribution in [1.29, 1.82) is 5.26 Å². The number of rotatable bonds is 6. The quantitative estimate of drug-likeness (QED) is 0.305. The zero-order valence-electron chi connectivity index (χ0n) is 16.5. The molecule has 11 nitrogen and oxygen atoms in total. The summed E-state index contributed by atoms with van der Waals surface area (Å²) in [6.07, 6.45) is -5.35. The first-order chi connectivity index (χ1) is 14.8. The molecule has 170 valence electrons. The van der Waals surface area contributed by atoms with Crippen LogP contribution in [0.5, 0.6) is 0 Å². The average molecular weight is 455 g/mol. The fraction of sp³-hybridized carbons (Fsp3) is 0.526. The zero-order chi connectivity index (χ0) is 22.6. The number of allylic oxidation sites excluding steroid dienone is 1. The number of aliphatic hydroxyl groups is 4. The van der Waals surface area contributed by atoms with Crippen LogP contribution in [0.25, 0.3) is 6.08 Å². The maximum absolute atomic E-state index is 12.7. The summed E-state index contributed by atoms with van der Waals surface area (Å²) >= 11 is 0. The van der Waals surface area contributed by atoms with E-state index in [1.54, 1.807) is 30.3 Å². The first-order valence-corrected chi connectivity index (χ1v) is 11.1. The van der Waals surface area contributed by atoms with Crippen molar-refractivity contribution in [3.63, 3.8) is 0 Å². The van der Waals surface area contributed by atoms with Crippen molar-refractivity contribution in [2.45, 2.75) is 30.6 Å². The van der Waals surface area contributed by atoms with Gasteiger partial charge in [-0.15, -0.1) is 0 Å². The van der Waals surface area contributed by atoms with Gasteiger partial charge in [-0.25, -0.2) is 8.42 Å². The van der Waals surface area contributed by atoms with E-state index in [1.165, 1.54) is 0 Å². The van der Waals surface area contributed by atoms with Gasteiger partial charge in [0.2, 0.25) is 0 Å². The molecule has 2 fully saturated rings. The molecule has 1 unspecified atom stereocenters. The first kappa shape index (κ1) is 23.6. The SMILES string of the molecule is N#C/C(=C\c1ccc(N2CCOCC2)cc1)S(=O)(=O)N[C@H]1C(O)O[C@H](CO)[C@@H](O)[C@@H]1O. The number of benzene rings is 1. The number of anilines is 1. The fourth-order valence-corrected chi connectivity index (χ4v) is 4.54. The highest BCUT2D eigenvalue weighted by molar-refractivity contribution is 7.93. The minimum absolute atomic E-state index is 0.459. The van der Waals surface area contributed by atoms with E-state index in [0.29, 0.717) is 18.8 Å². The van der Waals surface area contributed by atoms with Gasteiger partial charge in [-0.2, -0.15) is 9.98 Å². The standard InChI is InChI=1S/C19H25N3O8S/c20-10-14(9-12-1-3-13(4-2-12)22-5-7-29-8-6-22)31(27,28)21-16-18(25)17(24)15(11-23)30-19(16)26/h1-4,9,15-19,21,23-26H,5-8,11H2/b14-9+/t15-,16-,17-,18-,19?/m1/s1. The number of ether oxygens (including phenoxy) is 2. The number of hydrogen-bond acceptors (Lipinski definition) is 10. The molecule has 2 saturated heterocycles. The Morgan fingerprint density at radius 1 is 1.19 bits per heavy atom. The summed E-state index contributed by atoms with van der Waals surface area (Å²) in [5.74, 6) is 0. The largest absolute Gasteiger partial charge is 0.394 e. The van der Waals surface area contributed by atoms with Crippen LogP contribution < -0.4 is 9.62 Å². The van der Waals surface area contributed by atoms with Crippen LogP contribution in [0.3, 0.4) is 0 Å². The third-order valence-corrected chi connectivity index (χ3v) is 6.53. The van der Waals surface area contributed by atoms with Gasteiger partial charge in [-0.3, -0.25) is 0 Å². The maximum atomic E-state index is 12.7. The molecule has 2 aliphatic rings. The van der Waals surface area contributed by atoms with Gasteiger partial charge >= 0.3 is 0 Å². The molecule has 2 heterocycles. The Balaban J connectivity index is 1.76. The Morgan fingerprint density at radius 2 is 1.84 bits per heavy atom. The van der Waals surface area contributed by atoms with E-state index < -0.39 is 52.2 Å². The lowest BCUT2D eigenvalue weighted by Crippen LogP contribution is -2.64. The Bertz CT molecular complexity index is 924. The Kier molecular flexibility index (Phi) is 7.63. The molecule has 1 aromatic rings. The maximum Gasteiger partial charge on any atom is 0.251 e. The molecule has 3 rings (SSSR count). The number of nitrogens with zero attached hydrogens (tertiary/aromatic N) is 2. The van der Waals surface area contributed by atoms with Crippen molar-refractivity contribution in [3.05, 3.63) is 34.7 Å². The average Bonchev–Trinajstić information content (AvgIpc) is 2.78. The van der Waals surface area contributed by atoms with E-state index in [1.807, 2.05) is 4.72 Å². The van der Waals surface area contributed by atoms with E-state index >= 15 is 0 Å². The predicted octanol–water partition coefficient (Wildman–Crippen LogP) is -1.89. The van der Waals surface area contributed by atoms with Crippen molar-refractivity contribution in [3.8, 4) is 6.07 Å². The van der Waals surface area contributed by atoms with Crippen LogP contribution in [0.15, 0.2) is 29.2 Å². The first-order valence-electron chi connectivity index (χ1n) is 9.64. The second kappa shape index (κ2) is 10.0. The minimum Gasteiger partial charge on any atom is -0.394 e. The molecule has 0 spiro atoms. The summed E-state index contributed by atoms with van der Waals surface area (Å²) in [6, 6.07) is 6.91. The van der Waals surface area contributed by atoms with Gasteiger partial charge < -0.3 is 34.8 Å². The van der Waals surface area contributed by atoms with E-state index in [-0.39, 0.29) is 0 Å². The lowest BCUT2D eigenvalue weighted by molar-refractivity contribution is -0.251. The molecule has 2 aliphatic heterocycles. The van der Waals surface area contributed by atoms with Gasteiger partial charge in [-0.1, -0.05) is 12.1 Å². The van der Waals surface area contributed by atoms with Crippen LogP contribution in [-0.2, 0) is 19.5 Å². The van der Waals surface area contributed by atoms with Crippen LogP contribution in [0.4, 0.5) is 5.69 Å². The molecule has 5 atom stereocenters. The van der Waals surface area contributed by atoms with Crippen molar-refractivity contribution in [2.24, 2.45) is 0 Å². The van der Waals surface area contributed by atoms with Gasteiger partial charge in [0.25, 0.3) is 10.0 Å². The lowest BCUT2D eigenvalue weighted by atomic mass is 9.98. The van der Waals surface area contributed by atoms with Crippen molar-refractivity contribution in [1.82, 2.24) is 4.72 Å². The highest BCUT2D eigenvalue weighted by atomic mass is 32.2. The van der Waals surface area contributed by atoms with Gasteiger partial charge in [0.05, 0.1) is 19.8 Å². The van der Waals surface area contributed by atoms with Crippen LogP contribution in [0, 0.1) is 11.3 Å². The molecule has 31 heavy (non-hydrogen) atoms. The number of nitriles is 1. The normalized spacial score (nSPS) is 30.1.